The Morgan fingerprint density at radius 2 is 1.83 bits per heavy atom. The summed E-state index contributed by atoms with van der Waals surface area (Å²) in [5.41, 5.74) is 0.525. The molecule has 9 heteroatoms. The molecule has 126 valence electrons. The number of carbonyl (C=O) groups excluding carboxylic acids is 1. The van der Waals surface area contributed by atoms with Crippen LogP contribution >= 0.6 is 23.2 Å². The lowest BCUT2D eigenvalue weighted by molar-refractivity contribution is 0.102. The van der Waals surface area contributed by atoms with Gasteiger partial charge < -0.3 is 5.32 Å². The first kappa shape index (κ1) is 17.0. The van der Waals surface area contributed by atoms with Gasteiger partial charge in [-0.25, -0.2) is 13.4 Å². The Morgan fingerprint density at radius 1 is 1.17 bits per heavy atom. The molecule has 3 rings (SSSR count). The SMILES string of the molecule is O=C(Nc1ccnc(NS(=O)(=O)C2CC2)c1)c1c(Cl)cccc1Cl. The molecule has 1 aliphatic carbocycles. The molecule has 0 unspecified atom stereocenters. The van der Waals surface area contributed by atoms with E-state index in [1.165, 1.54) is 18.3 Å². The quantitative estimate of drug-likeness (QED) is 0.823. The molecule has 1 aromatic carbocycles. The van der Waals surface area contributed by atoms with E-state index in [1.807, 2.05) is 0 Å². The van der Waals surface area contributed by atoms with Crippen molar-refractivity contribution in [3.8, 4) is 0 Å². The molecule has 0 saturated heterocycles. The molecule has 0 spiro atoms. The van der Waals surface area contributed by atoms with Crippen LogP contribution in [-0.2, 0) is 10.0 Å². The van der Waals surface area contributed by atoms with Crippen molar-refractivity contribution < 1.29 is 13.2 Å². The van der Waals surface area contributed by atoms with Crippen LogP contribution in [0.1, 0.15) is 23.2 Å². The number of rotatable bonds is 5. The largest absolute Gasteiger partial charge is 0.322 e. The summed E-state index contributed by atoms with van der Waals surface area (Å²) in [6.07, 6.45) is 2.70. The van der Waals surface area contributed by atoms with Crippen molar-refractivity contribution in [1.82, 2.24) is 4.98 Å². The molecule has 0 aliphatic heterocycles. The molecule has 2 N–H and O–H groups in total. The van der Waals surface area contributed by atoms with Gasteiger partial charge in [0.25, 0.3) is 5.91 Å². The zero-order valence-electron chi connectivity index (χ0n) is 12.3. The Hall–Kier alpha value is -1.83. The number of hydrogen-bond donors (Lipinski definition) is 2. The van der Waals surface area contributed by atoms with Crippen LogP contribution in [-0.4, -0.2) is 24.6 Å². The van der Waals surface area contributed by atoms with Crippen molar-refractivity contribution in [2.45, 2.75) is 18.1 Å². The summed E-state index contributed by atoms with van der Waals surface area (Å²) in [6, 6.07) is 7.73. The van der Waals surface area contributed by atoms with Crippen molar-refractivity contribution in [3.05, 3.63) is 52.1 Å². The molecule has 2 aromatic rings. The first-order chi connectivity index (χ1) is 11.4. The highest BCUT2D eigenvalue weighted by atomic mass is 35.5. The third kappa shape index (κ3) is 3.80. The predicted octanol–water partition coefficient (Wildman–Crippen LogP) is 3.54. The smallest absolute Gasteiger partial charge is 0.258 e. The van der Waals surface area contributed by atoms with Crippen LogP contribution in [0.3, 0.4) is 0 Å². The number of nitrogens with zero attached hydrogens (tertiary/aromatic N) is 1. The molecule has 1 aliphatic rings. The number of halogens is 2. The number of pyridine rings is 1. The van der Waals surface area contributed by atoms with Crippen LogP contribution in [0.25, 0.3) is 0 Å². The first-order valence-electron chi connectivity index (χ1n) is 7.10. The highest BCUT2D eigenvalue weighted by Crippen LogP contribution is 2.30. The van der Waals surface area contributed by atoms with Crippen LogP contribution in [0.5, 0.6) is 0 Å². The molecular weight excluding hydrogens is 373 g/mol. The maximum Gasteiger partial charge on any atom is 0.258 e. The lowest BCUT2D eigenvalue weighted by Gasteiger charge is -2.10. The first-order valence-corrected chi connectivity index (χ1v) is 9.40. The monoisotopic (exact) mass is 385 g/mol. The summed E-state index contributed by atoms with van der Waals surface area (Å²) in [6.45, 7) is 0. The molecule has 1 aromatic heterocycles. The average Bonchev–Trinajstić information content (AvgIpc) is 3.32. The molecule has 24 heavy (non-hydrogen) atoms. The van der Waals surface area contributed by atoms with E-state index in [1.54, 1.807) is 18.2 Å². The zero-order valence-corrected chi connectivity index (χ0v) is 14.6. The minimum absolute atomic E-state index is 0.143. The lowest BCUT2D eigenvalue weighted by Crippen LogP contribution is -2.18. The van der Waals surface area contributed by atoms with Gasteiger partial charge in [0.1, 0.15) is 5.82 Å². The van der Waals surface area contributed by atoms with Crippen molar-refractivity contribution in [3.63, 3.8) is 0 Å². The van der Waals surface area contributed by atoms with Crippen LogP contribution in [0.4, 0.5) is 11.5 Å². The second-order valence-corrected chi connectivity index (χ2v) is 8.10. The zero-order chi connectivity index (χ0) is 17.3. The number of hydrogen-bond acceptors (Lipinski definition) is 4. The Kier molecular flexibility index (Phi) is 4.67. The molecule has 1 saturated carbocycles. The Bertz CT molecular complexity index is 878. The van der Waals surface area contributed by atoms with Gasteiger partial charge in [0.05, 0.1) is 20.9 Å². The van der Waals surface area contributed by atoms with Crippen LogP contribution in [0.15, 0.2) is 36.5 Å². The molecule has 1 fully saturated rings. The van der Waals surface area contributed by atoms with Gasteiger partial charge in [-0.1, -0.05) is 29.3 Å². The number of aromatic nitrogens is 1. The van der Waals surface area contributed by atoms with Gasteiger partial charge >= 0.3 is 0 Å². The fourth-order valence-electron chi connectivity index (χ4n) is 2.08. The van der Waals surface area contributed by atoms with Gasteiger partial charge in [-0.15, -0.1) is 0 Å². The third-order valence-corrected chi connectivity index (χ3v) is 5.89. The topological polar surface area (TPSA) is 88.2 Å². The Balaban J connectivity index is 1.78. The minimum atomic E-state index is -3.42. The van der Waals surface area contributed by atoms with E-state index in [-0.39, 0.29) is 26.7 Å². The van der Waals surface area contributed by atoms with Crippen LogP contribution in [0.2, 0.25) is 10.0 Å². The summed E-state index contributed by atoms with van der Waals surface area (Å²) in [7, 11) is -3.42. The predicted molar refractivity (Wildman–Crippen MR) is 94.2 cm³/mol. The summed E-state index contributed by atoms with van der Waals surface area (Å²) in [5, 5.41) is 2.72. The second-order valence-electron chi connectivity index (χ2n) is 5.33. The molecular formula is C15H13Cl2N3O3S. The van der Waals surface area contributed by atoms with Crippen molar-refractivity contribution >= 4 is 50.6 Å². The highest BCUT2D eigenvalue weighted by Gasteiger charge is 2.36. The number of sulfonamides is 1. The molecule has 0 atom stereocenters. The lowest BCUT2D eigenvalue weighted by atomic mass is 10.2. The van der Waals surface area contributed by atoms with Gasteiger partial charge in [0, 0.05) is 18.0 Å². The van der Waals surface area contributed by atoms with E-state index >= 15 is 0 Å². The third-order valence-electron chi connectivity index (χ3n) is 3.42. The number of benzene rings is 1. The number of nitrogens with one attached hydrogen (secondary N) is 2. The Morgan fingerprint density at radius 3 is 2.46 bits per heavy atom. The summed E-state index contributed by atoms with van der Waals surface area (Å²) >= 11 is 12.0. The molecule has 6 nitrogen and oxygen atoms in total. The second kappa shape index (κ2) is 6.58. The van der Waals surface area contributed by atoms with Gasteiger partial charge in [0.15, 0.2) is 0 Å². The van der Waals surface area contributed by atoms with Crippen molar-refractivity contribution in [1.29, 1.82) is 0 Å². The average molecular weight is 386 g/mol. The molecule has 1 amide bonds. The van der Waals surface area contributed by atoms with Crippen molar-refractivity contribution in [2.75, 3.05) is 10.0 Å². The van der Waals surface area contributed by atoms with E-state index in [0.29, 0.717) is 18.5 Å². The highest BCUT2D eigenvalue weighted by molar-refractivity contribution is 7.93. The Labute approximate surface area is 149 Å². The number of carbonyl (C=O) groups is 1. The minimum Gasteiger partial charge on any atom is -0.322 e. The maximum absolute atomic E-state index is 12.3. The van der Waals surface area contributed by atoms with Gasteiger partial charge in [-0.3, -0.25) is 9.52 Å². The standard InChI is InChI=1S/C15H13Cl2N3O3S/c16-11-2-1-3-12(17)14(11)15(21)19-9-6-7-18-13(8-9)20-24(22,23)10-4-5-10/h1-3,6-8,10H,4-5H2,(H2,18,19,20,21). The van der Waals surface area contributed by atoms with Gasteiger partial charge in [-0.2, -0.15) is 0 Å². The van der Waals surface area contributed by atoms with E-state index in [0.717, 1.165) is 0 Å². The van der Waals surface area contributed by atoms with Crippen LogP contribution in [0, 0.1) is 0 Å². The van der Waals surface area contributed by atoms with E-state index in [4.69, 9.17) is 23.2 Å². The fourth-order valence-corrected chi connectivity index (χ4v) is 3.98. The van der Waals surface area contributed by atoms with E-state index < -0.39 is 15.9 Å². The fraction of sp³-hybridized carbons (Fsp3) is 0.200. The molecule has 0 bridgehead atoms. The van der Waals surface area contributed by atoms with Crippen molar-refractivity contribution in [2.24, 2.45) is 0 Å². The number of anilines is 2. The summed E-state index contributed by atoms with van der Waals surface area (Å²) in [5.74, 6) is -0.349. The van der Waals surface area contributed by atoms with Gasteiger partial charge in [-0.05, 0) is 31.0 Å². The van der Waals surface area contributed by atoms with Crippen LogP contribution < -0.4 is 10.0 Å². The summed E-state index contributed by atoms with van der Waals surface area (Å²) in [4.78, 5) is 16.3. The summed E-state index contributed by atoms with van der Waals surface area (Å²) < 4.78 is 26.3. The normalized spacial score (nSPS) is 14.2. The molecule has 1 heterocycles. The maximum atomic E-state index is 12.3. The van der Waals surface area contributed by atoms with Gasteiger partial charge in [0.2, 0.25) is 10.0 Å². The number of amides is 1. The molecule has 0 radical (unpaired) electrons. The van der Waals surface area contributed by atoms with E-state index in [9.17, 15) is 13.2 Å². The van der Waals surface area contributed by atoms with E-state index in [2.05, 4.69) is 15.0 Å².